The molecule has 0 saturated heterocycles. The molecular weight excluding hydrogens is 190 g/mol. The van der Waals surface area contributed by atoms with Crippen LogP contribution in [0.25, 0.3) is 0 Å². The fourth-order valence-corrected chi connectivity index (χ4v) is 1.16. The summed E-state index contributed by atoms with van der Waals surface area (Å²) < 4.78 is 0. The number of hydrogen-bond acceptors (Lipinski definition) is 5. The van der Waals surface area contributed by atoms with Crippen LogP contribution in [0.3, 0.4) is 0 Å². The molecule has 0 aromatic carbocycles. The number of nitrogens with zero attached hydrogens (tertiary/aromatic N) is 3. The van der Waals surface area contributed by atoms with Crippen LogP contribution in [0.1, 0.15) is 5.56 Å². The molecule has 2 heterocycles. The molecule has 2 rings (SSSR count). The lowest BCUT2D eigenvalue weighted by Gasteiger charge is -2.04. The van der Waals surface area contributed by atoms with Crippen LogP contribution in [0, 0.1) is 0 Å². The van der Waals surface area contributed by atoms with Gasteiger partial charge in [0.1, 0.15) is 18.0 Å². The average molecular weight is 201 g/mol. The van der Waals surface area contributed by atoms with E-state index in [0.29, 0.717) is 18.2 Å². The van der Waals surface area contributed by atoms with Crippen LogP contribution in [0.4, 0.5) is 11.6 Å². The first kappa shape index (κ1) is 9.39. The number of pyridine rings is 1. The van der Waals surface area contributed by atoms with Gasteiger partial charge in [0.25, 0.3) is 0 Å². The highest BCUT2D eigenvalue weighted by atomic mass is 15.0. The van der Waals surface area contributed by atoms with E-state index >= 15 is 0 Å². The molecule has 0 radical (unpaired) electrons. The molecule has 0 saturated carbocycles. The molecule has 0 aliphatic carbocycles. The maximum Gasteiger partial charge on any atom is 0.131 e. The molecule has 0 bridgehead atoms. The predicted molar refractivity (Wildman–Crippen MR) is 58.0 cm³/mol. The summed E-state index contributed by atoms with van der Waals surface area (Å²) >= 11 is 0. The maximum atomic E-state index is 5.52. The Morgan fingerprint density at radius 2 is 2.27 bits per heavy atom. The minimum Gasteiger partial charge on any atom is -0.384 e. The lowest BCUT2D eigenvalue weighted by molar-refractivity contribution is 1.07. The first-order valence-electron chi connectivity index (χ1n) is 4.55. The highest BCUT2D eigenvalue weighted by Crippen LogP contribution is 2.06. The van der Waals surface area contributed by atoms with Crippen LogP contribution in [-0.4, -0.2) is 15.0 Å². The quantitative estimate of drug-likeness (QED) is 0.776. The van der Waals surface area contributed by atoms with Crippen molar-refractivity contribution in [2.45, 2.75) is 6.54 Å². The van der Waals surface area contributed by atoms with Crippen LogP contribution >= 0.6 is 0 Å². The van der Waals surface area contributed by atoms with E-state index in [9.17, 15) is 0 Å². The van der Waals surface area contributed by atoms with Gasteiger partial charge in [0.15, 0.2) is 0 Å². The molecule has 0 atom stereocenters. The zero-order valence-electron chi connectivity index (χ0n) is 8.09. The van der Waals surface area contributed by atoms with Crippen molar-refractivity contribution in [3.05, 3.63) is 42.5 Å². The second-order valence-corrected chi connectivity index (χ2v) is 3.04. The number of nitrogen functional groups attached to an aromatic ring is 1. The van der Waals surface area contributed by atoms with E-state index in [1.807, 2.05) is 12.1 Å². The van der Waals surface area contributed by atoms with Gasteiger partial charge in [-0.05, 0) is 11.6 Å². The zero-order valence-corrected chi connectivity index (χ0v) is 8.09. The number of nitrogens with two attached hydrogens (primary N) is 1. The van der Waals surface area contributed by atoms with Gasteiger partial charge in [-0.1, -0.05) is 6.07 Å². The van der Waals surface area contributed by atoms with Crippen molar-refractivity contribution in [2.75, 3.05) is 11.1 Å². The SMILES string of the molecule is Nc1cc(NCc2cccnc2)ncn1. The highest BCUT2D eigenvalue weighted by molar-refractivity contribution is 5.43. The molecule has 2 aromatic rings. The Kier molecular flexibility index (Phi) is 2.73. The van der Waals surface area contributed by atoms with Gasteiger partial charge in [-0.3, -0.25) is 4.98 Å². The number of hydrogen-bond donors (Lipinski definition) is 2. The molecule has 0 spiro atoms. The highest BCUT2D eigenvalue weighted by Gasteiger charge is 1.95. The van der Waals surface area contributed by atoms with E-state index in [2.05, 4.69) is 20.3 Å². The third-order valence-corrected chi connectivity index (χ3v) is 1.88. The van der Waals surface area contributed by atoms with E-state index in [4.69, 9.17) is 5.73 Å². The van der Waals surface area contributed by atoms with Crippen molar-refractivity contribution in [3.63, 3.8) is 0 Å². The van der Waals surface area contributed by atoms with E-state index in [0.717, 1.165) is 5.56 Å². The molecule has 76 valence electrons. The number of anilines is 2. The number of aromatic nitrogens is 3. The molecule has 15 heavy (non-hydrogen) atoms. The van der Waals surface area contributed by atoms with Gasteiger partial charge in [0, 0.05) is 25.0 Å². The maximum absolute atomic E-state index is 5.52. The third kappa shape index (κ3) is 2.63. The Morgan fingerprint density at radius 3 is 3.00 bits per heavy atom. The molecule has 0 unspecified atom stereocenters. The van der Waals surface area contributed by atoms with Gasteiger partial charge in [-0.2, -0.15) is 0 Å². The summed E-state index contributed by atoms with van der Waals surface area (Å²) in [5.74, 6) is 1.17. The first-order chi connectivity index (χ1) is 7.34. The van der Waals surface area contributed by atoms with Crippen molar-refractivity contribution in [1.82, 2.24) is 15.0 Å². The monoisotopic (exact) mass is 201 g/mol. The van der Waals surface area contributed by atoms with Crippen molar-refractivity contribution in [3.8, 4) is 0 Å². The van der Waals surface area contributed by atoms with Crippen molar-refractivity contribution in [2.24, 2.45) is 0 Å². The zero-order chi connectivity index (χ0) is 10.5. The van der Waals surface area contributed by atoms with Gasteiger partial charge < -0.3 is 11.1 Å². The van der Waals surface area contributed by atoms with Gasteiger partial charge >= 0.3 is 0 Å². The minimum atomic E-state index is 0.457. The molecule has 5 nitrogen and oxygen atoms in total. The van der Waals surface area contributed by atoms with E-state index in [1.165, 1.54) is 6.33 Å². The van der Waals surface area contributed by atoms with Crippen LogP contribution < -0.4 is 11.1 Å². The van der Waals surface area contributed by atoms with E-state index in [1.54, 1.807) is 18.5 Å². The fourth-order valence-electron chi connectivity index (χ4n) is 1.16. The smallest absolute Gasteiger partial charge is 0.131 e. The van der Waals surface area contributed by atoms with Crippen LogP contribution in [0.5, 0.6) is 0 Å². The Bertz CT molecular complexity index is 429. The topological polar surface area (TPSA) is 76.7 Å². The lowest BCUT2D eigenvalue weighted by Crippen LogP contribution is -2.02. The standard InChI is InChI=1S/C10H11N5/c11-9-4-10(15-7-14-9)13-6-8-2-1-3-12-5-8/h1-5,7H,6H2,(H3,11,13,14,15). The second-order valence-electron chi connectivity index (χ2n) is 3.04. The third-order valence-electron chi connectivity index (χ3n) is 1.88. The summed E-state index contributed by atoms with van der Waals surface area (Å²) in [4.78, 5) is 11.9. The fraction of sp³-hybridized carbons (Fsp3) is 0.100. The number of rotatable bonds is 3. The summed E-state index contributed by atoms with van der Waals surface area (Å²) in [7, 11) is 0. The molecule has 0 aliphatic rings. The molecule has 5 heteroatoms. The molecular formula is C10H11N5. The Morgan fingerprint density at radius 1 is 1.33 bits per heavy atom. The second kappa shape index (κ2) is 4.36. The van der Waals surface area contributed by atoms with Gasteiger partial charge in [-0.25, -0.2) is 9.97 Å². The summed E-state index contributed by atoms with van der Waals surface area (Å²) in [5.41, 5.74) is 6.62. The summed E-state index contributed by atoms with van der Waals surface area (Å²) in [6, 6.07) is 5.58. The molecule has 3 N–H and O–H groups in total. The van der Waals surface area contributed by atoms with Gasteiger partial charge in [0.05, 0.1) is 0 Å². The van der Waals surface area contributed by atoms with E-state index in [-0.39, 0.29) is 0 Å². The molecule has 0 amide bonds. The van der Waals surface area contributed by atoms with Crippen LogP contribution in [0.15, 0.2) is 36.9 Å². The molecule has 2 aromatic heterocycles. The first-order valence-corrected chi connectivity index (χ1v) is 4.55. The van der Waals surface area contributed by atoms with E-state index < -0.39 is 0 Å². The van der Waals surface area contributed by atoms with Crippen molar-refractivity contribution in [1.29, 1.82) is 0 Å². The van der Waals surface area contributed by atoms with Gasteiger partial charge in [-0.15, -0.1) is 0 Å². The van der Waals surface area contributed by atoms with Crippen molar-refractivity contribution < 1.29 is 0 Å². The predicted octanol–water partition coefficient (Wildman–Crippen LogP) is 1.07. The molecule has 0 fully saturated rings. The molecule has 0 aliphatic heterocycles. The Balaban J connectivity index is 1.99. The van der Waals surface area contributed by atoms with Gasteiger partial charge in [0.2, 0.25) is 0 Å². The Labute approximate surface area is 87.4 Å². The van der Waals surface area contributed by atoms with Crippen molar-refractivity contribution >= 4 is 11.6 Å². The average Bonchev–Trinajstić information content (AvgIpc) is 2.28. The Hall–Kier alpha value is -2.17. The van der Waals surface area contributed by atoms with Crippen LogP contribution in [0.2, 0.25) is 0 Å². The summed E-state index contributed by atoms with van der Waals surface area (Å²) in [5, 5.41) is 3.13. The summed E-state index contributed by atoms with van der Waals surface area (Å²) in [6.07, 6.45) is 4.98. The lowest BCUT2D eigenvalue weighted by atomic mass is 10.3. The summed E-state index contributed by atoms with van der Waals surface area (Å²) in [6.45, 7) is 0.671. The number of nitrogens with one attached hydrogen (secondary N) is 1. The minimum absolute atomic E-state index is 0.457. The van der Waals surface area contributed by atoms with Crippen LogP contribution in [-0.2, 0) is 6.54 Å². The normalized spacial score (nSPS) is 9.87. The largest absolute Gasteiger partial charge is 0.384 e.